The smallest absolute Gasteiger partial charge is 0.265 e. The molecule has 0 atom stereocenters. The zero-order valence-corrected chi connectivity index (χ0v) is 15.7. The average molecular weight is 385 g/mol. The molecule has 1 fully saturated rings. The van der Waals surface area contributed by atoms with Crippen LogP contribution in [0.25, 0.3) is 0 Å². The number of benzene rings is 1. The zero-order valence-electron chi connectivity index (χ0n) is 14.9. The van der Waals surface area contributed by atoms with Gasteiger partial charge in [-0.3, -0.25) is 14.4 Å². The number of carbonyl (C=O) groups is 3. The van der Waals surface area contributed by atoms with Crippen LogP contribution in [-0.2, 0) is 4.79 Å². The molecule has 3 heterocycles. The van der Waals surface area contributed by atoms with E-state index in [1.807, 2.05) is 6.92 Å². The lowest BCUT2D eigenvalue weighted by molar-refractivity contribution is -0.118. The van der Waals surface area contributed by atoms with Gasteiger partial charge in [0.1, 0.15) is 10.6 Å². The van der Waals surface area contributed by atoms with Crippen molar-refractivity contribution in [2.24, 2.45) is 5.92 Å². The summed E-state index contributed by atoms with van der Waals surface area (Å²) in [4.78, 5) is 43.5. The van der Waals surface area contributed by atoms with Gasteiger partial charge in [0, 0.05) is 24.6 Å². The summed E-state index contributed by atoms with van der Waals surface area (Å²) in [6, 6.07) is 5.12. The summed E-state index contributed by atoms with van der Waals surface area (Å²) in [7, 11) is 0. The molecule has 27 heavy (non-hydrogen) atoms. The molecule has 4 rings (SSSR count). The maximum atomic E-state index is 12.9. The van der Waals surface area contributed by atoms with E-state index in [0.717, 1.165) is 5.69 Å². The number of hydrogen-bond donors (Lipinski definition) is 1. The first-order valence-corrected chi connectivity index (χ1v) is 9.71. The second-order valence-corrected chi connectivity index (χ2v) is 7.60. The maximum Gasteiger partial charge on any atom is 0.265 e. The highest BCUT2D eigenvalue weighted by molar-refractivity contribution is 7.11. The summed E-state index contributed by atoms with van der Waals surface area (Å²) in [6.45, 7) is 2.93. The number of likely N-dealkylation sites (tertiary alicyclic amines) is 1. The van der Waals surface area contributed by atoms with Crippen molar-refractivity contribution in [3.8, 4) is 5.75 Å². The number of nitrogens with one attached hydrogen (secondary N) is 1. The van der Waals surface area contributed by atoms with Crippen LogP contribution in [0, 0.1) is 12.8 Å². The number of aryl methyl sites for hydroxylation is 1. The number of ketones is 1. The van der Waals surface area contributed by atoms with Crippen LogP contribution in [0.1, 0.15) is 38.6 Å². The quantitative estimate of drug-likeness (QED) is 0.820. The molecule has 2 aliphatic heterocycles. The van der Waals surface area contributed by atoms with Gasteiger partial charge in [0.15, 0.2) is 12.4 Å². The van der Waals surface area contributed by atoms with E-state index in [0.29, 0.717) is 47.8 Å². The van der Waals surface area contributed by atoms with Crippen molar-refractivity contribution in [2.45, 2.75) is 19.8 Å². The summed E-state index contributed by atoms with van der Waals surface area (Å²) >= 11 is 1.35. The molecule has 2 amide bonds. The molecule has 1 aromatic heterocycles. The molecule has 0 spiro atoms. The molecular formula is C19H19N3O4S. The molecule has 1 saturated heterocycles. The Morgan fingerprint density at radius 3 is 2.78 bits per heavy atom. The zero-order chi connectivity index (χ0) is 19.0. The van der Waals surface area contributed by atoms with Crippen LogP contribution in [0.4, 0.5) is 5.69 Å². The number of fused-ring (bicyclic) bond motifs is 1. The van der Waals surface area contributed by atoms with E-state index in [9.17, 15) is 14.4 Å². The number of ether oxygens (including phenoxy) is 1. The summed E-state index contributed by atoms with van der Waals surface area (Å²) in [5, 5.41) is 2.73. The van der Waals surface area contributed by atoms with Crippen molar-refractivity contribution in [3.63, 3.8) is 0 Å². The summed E-state index contributed by atoms with van der Waals surface area (Å²) in [5.74, 6) is 0.256. The van der Waals surface area contributed by atoms with Gasteiger partial charge in [0.05, 0.1) is 16.9 Å². The summed E-state index contributed by atoms with van der Waals surface area (Å²) < 4.78 is 5.33. The number of anilines is 1. The third-order valence-corrected chi connectivity index (χ3v) is 5.91. The van der Waals surface area contributed by atoms with Crippen LogP contribution in [0.15, 0.2) is 23.7 Å². The predicted octanol–water partition coefficient (Wildman–Crippen LogP) is 2.52. The van der Waals surface area contributed by atoms with Gasteiger partial charge in [-0.05, 0) is 38.0 Å². The highest BCUT2D eigenvalue weighted by atomic mass is 32.1. The SMILES string of the molecule is Cc1ncsc1C(=O)N1CCC(C(=O)c2ccc3c(c2)NC(=O)CO3)CC1. The Bertz CT molecular complexity index is 915. The second kappa shape index (κ2) is 7.11. The third-order valence-electron chi connectivity index (χ3n) is 4.99. The van der Waals surface area contributed by atoms with Gasteiger partial charge in [-0.25, -0.2) is 4.98 Å². The summed E-state index contributed by atoms with van der Waals surface area (Å²) in [5.41, 5.74) is 3.52. The van der Waals surface area contributed by atoms with E-state index >= 15 is 0 Å². The first-order chi connectivity index (χ1) is 13.0. The Labute approximate surface area is 160 Å². The molecule has 0 bridgehead atoms. The number of aromatic nitrogens is 1. The Morgan fingerprint density at radius 2 is 2.07 bits per heavy atom. The molecule has 0 radical (unpaired) electrons. The van der Waals surface area contributed by atoms with Crippen LogP contribution >= 0.6 is 11.3 Å². The molecule has 1 N–H and O–H groups in total. The molecule has 1 aromatic carbocycles. The first kappa shape index (κ1) is 17.7. The third kappa shape index (κ3) is 3.44. The van der Waals surface area contributed by atoms with Crippen LogP contribution in [0.5, 0.6) is 5.75 Å². The summed E-state index contributed by atoms with van der Waals surface area (Å²) in [6.07, 6.45) is 1.25. The van der Waals surface area contributed by atoms with Gasteiger partial charge in [0.2, 0.25) is 0 Å². The molecule has 140 valence electrons. The van der Waals surface area contributed by atoms with Gasteiger partial charge >= 0.3 is 0 Å². The maximum absolute atomic E-state index is 12.9. The van der Waals surface area contributed by atoms with Crippen molar-refractivity contribution in [1.29, 1.82) is 0 Å². The van der Waals surface area contributed by atoms with Crippen LogP contribution in [0.2, 0.25) is 0 Å². The fraction of sp³-hybridized carbons (Fsp3) is 0.368. The lowest BCUT2D eigenvalue weighted by Crippen LogP contribution is -2.40. The van der Waals surface area contributed by atoms with E-state index in [2.05, 4.69) is 10.3 Å². The Hall–Kier alpha value is -2.74. The van der Waals surface area contributed by atoms with Gasteiger partial charge < -0.3 is 15.0 Å². The number of piperidine rings is 1. The van der Waals surface area contributed by atoms with E-state index in [1.54, 1.807) is 28.6 Å². The van der Waals surface area contributed by atoms with E-state index < -0.39 is 0 Å². The lowest BCUT2D eigenvalue weighted by Gasteiger charge is -2.31. The standard InChI is InChI=1S/C19H19N3O4S/c1-11-18(27-10-20-11)19(25)22-6-4-12(5-7-22)17(24)13-2-3-15-14(8-13)21-16(23)9-26-15/h2-3,8,10,12H,4-7,9H2,1H3,(H,21,23). The Kier molecular flexibility index (Phi) is 4.65. The van der Waals surface area contributed by atoms with Crippen molar-refractivity contribution in [2.75, 3.05) is 25.0 Å². The molecular weight excluding hydrogens is 366 g/mol. The molecule has 2 aromatic rings. The number of hydrogen-bond acceptors (Lipinski definition) is 6. The lowest BCUT2D eigenvalue weighted by atomic mass is 9.88. The fourth-order valence-electron chi connectivity index (χ4n) is 3.47. The molecule has 2 aliphatic rings. The van der Waals surface area contributed by atoms with Crippen LogP contribution in [0.3, 0.4) is 0 Å². The molecule has 0 unspecified atom stereocenters. The van der Waals surface area contributed by atoms with Crippen molar-refractivity contribution < 1.29 is 19.1 Å². The van der Waals surface area contributed by atoms with Crippen molar-refractivity contribution in [1.82, 2.24) is 9.88 Å². The van der Waals surface area contributed by atoms with Crippen LogP contribution in [-0.4, -0.2) is 47.2 Å². The average Bonchev–Trinajstić information content (AvgIpc) is 3.12. The highest BCUT2D eigenvalue weighted by Gasteiger charge is 2.30. The number of carbonyl (C=O) groups excluding carboxylic acids is 3. The number of nitrogens with zero attached hydrogens (tertiary/aromatic N) is 2. The second-order valence-electron chi connectivity index (χ2n) is 6.75. The number of thiazole rings is 1. The van der Waals surface area contributed by atoms with Crippen LogP contribution < -0.4 is 10.1 Å². The Morgan fingerprint density at radius 1 is 1.30 bits per heavy atom. The monoisotopic (exact) mass is 385 g/mol. The molecule has 0 saturated carbocycles. The van der Waals surface area contributed by atoms with Gasteiger partial charge in [-0.2, -0.15) is 0 Å². The molecule has 7 nitrogen and oxygen atoms in total. The largest absolute Gasteiger partial charge is 0.482 e. The van der Waals surface area contributed by atoms with Gasteiger partial charge in [-0.15, -0.1) is 11.3 Å². The molecule has 8 heteroatoms. The first-order valence-electron chi connectivity index (χ1n) is 8.83. The fourth-order valence-corrected chi connectivity index (χ4v) is 4.24. The van der Waals surface area contributed by atoms with Gasteiger partial charge in [0.25, 0.3) is 11.8 Å². The van der Waals surface area contributed by atoms with E-state index in [4.69, 9.17) is 4.74 Å². The van der Waals surface area contributed by atoms with Crippen molar-refractivity contribution >= 4 is 34.6 Å². The van der Waals surface area contributed by atoms with E-state index in [-0.39, 0.29) is 30.1 Å². The minimum atomic E-state index is -0.225. The number of rotatable bonds is 3. The number of Topliss-reactive ketones (excluding diaryl/α,β-unsaturated/α-hetero) is 1. The highest BCUT2D eigenvalue weighted by Crippen LogP contribution is 2.31. The molecule has 0 aliphatic carbocycles. The van der Waals surface area contributed by atoms with E-state index in [1.165, 1.54) is 11.3 Å². The van der Waals surface area contributed by atoms with Gasteiger partial charge in [-0.1, -0.05) is 0 Å². The normalized spacial score (nSPS) is 17.1. The number of amides is 2. The topological polar surface area (TPSA) is 88.6 Å². The minimum absolute atomic E-state index is 0.00505. The minimum Gasteiger partial charge on any atom is -0.482 e. The Balaban J connectivity index is 1.42. The predicted molar refractivity (Wildman–Crippen MR) is 100 cm³/mol. The van der Waals surface area contributed by atoms with Crippen molar-refractivity contribution in [3.05, 3.63) is 39.8 Å².